The van der Waals surface area contributed by atoms with Crippen molar-refractivity contribution in [1.29, 1.82) is 0 Å². The molecular weight excluding hydrogens is 260 g/mol. The molecule has 1 aliphatic heterocycles. The molecule has 1 atom stereocenters. The van der Waals surface area contributed by atoms with Crippen LogP contribution in [0.2, 0.25) is 0 Å². The van der Waals surface area contributed by atoms with Gasteiger partial charge in [-0.25, -0.2) is 0 Å². The molecule has 0 amide bonds. The fourth-order valence-corrected chi connectivity index (χ4v) is 3.04. The van der Waals surface area contributed by atoms with Crippen LogP contribution < -0.4 is 10.1 Å². The van der Waals surface area contributed by atoms with Crippen molar-refractivity contribution < 1.29 is 4.74 Å². The van der Waals surface area contributed by atoms with Crippen LogP contribution >= 0.6 is 0 Å². The molecule has 110 valence electrons. The largest absolute Gasteiger partial charge is 0.493 e. The fraction of sp³-hybridized carbons (Fsp3) is 0.389. The Labute approximate surface area is 126 Å². The van der Waals surface area contributed by atoms with Gasteiger partial charge in [0.2, 0.25) is 0 Å². The SMILES string of the molecule is CNC(CCc1ccc2c(c1)CCO2)c1ccncc1C. The minimum absolute atomic E-state index is 0.373. The lowest BCUT2D eigenvalue weighted by atomic mass is 9.96. The van der Waals surface area contributed by atoms with E-state index in [9.17, 15) is 0 Å². The molecule has 2 aromatic rings. The first-order valence-corrected chi connectivity index (χ1v) is 7.60. The quantitative estimate of drug-likeness (QED) is 0.914. The smallest absolute Gasteiger partial charge is 0.122 e. The van der Waals surface area contributed by atoms with Crippen LogP contribution in [0.5, 0.6) is 5.75 Å². The van der Waals surface area contributed by atoms with Gasteiger partial charge < -0.3 is 10.1 Å². The number of rotatable bonds is 5. The van der Waals surface area contributed by atoms with Crippen LogP contribution in [0.1, 0.15) is 34.7 Å². The zero-order valence-corrected chi connectivity index (χ0v) is 12.7. The number of hydrogen-bond acceptors (Lipinski definition) is 3. The summed E-state index contributed by atoms with van der Waals surface area (Å²) in [6, 6.07) is 9.10. The van der Waals surface area contributed by atoms with Crippen molar-refractivity contribution in [2.45, 2.75) is 32.2 Å². The summed E-state index contributed by atoms with van der Waals surface area (Å²) in [7, 11) is 2.03. The summed E-state index contributed by atoms with van der Waals surface area (Å²) < 4.78 is 5.57. The second-order valence-corrected chi connectivity index (χ2v) is 5.65. The van der Waals surface area contributed by atoms with Crippen LogP contribution in [0.3, 0.4) is 0 Å². The van der Waals surface area contributed by atoms with Crippen molar-refractivity contribution in [3.8, 4) is 5.75 Å². The highest BCUT2D eigenvalue weighted by molar-refractivity contribution is 5.40. The molecule has 0 fully saturated rings. The van der Waals surface area contributed by atoms with Crippen LogP contribution in [-0.2, 0) is 12.8 Å². The standard InChI is InChI=1S/C18H22N2O/c1-13-12-20-9-7-16(13)17(19-2)5-3-14-4-6-18-15(11-14)8-10-21-18/h4,6-7,9,11-12,17,19H,3,5,8,10H2,1-2H3. The molecule has 3 heteroatoms. The highest BCUT2D eigenvalue weighted by Gasteiger charge is 2.14. The third-order valence-electron chi connectivity index (χ3n) is 4.26. The molecule has 1 aromatic carbocycles. The highest BCUT2D eigenvalue weighted by Crippen LogP contribution is 2.27. The van der Waals surface area contributed by atoms with E-state index in [-0.39, 0.29) is 0 Å². The van der Waals surface area contributed by atoms with E-state index in [4.69, 9.17) is 4.74 Å². The lowest BCUT2D eigenvalue weighted by molar-refractivity contribution is 0.357. The van der Waals surface area contributed by atoms with E-state index in [1.54, 1.807) is 0 Å². The van der Waals surface area contributed by atoms with E-state index in [0.29, 0.717) is 6.04 Å². The number of pyridine rings is 1. The molecule has 0 aliphatic carbocycles. The molecule has 1 aliphatic rings. The summed E-state index contributed by atoms with van der Waals surface area (Å²) in [6.45, 7) is 2.95. The van der Waals surface area contributed by atoms with Gasteiger partial charge in [0.15, 0.2) is 0 Å². The van der Waals surface area contributed by atoms with Crippen molar-refractivity contribution in [1.82, 2.24) is 10.3 Å². The number of nitrogens with one attached hydrogen (secondary N) is 1. The lowest BCUT2D eigenvalue weighted by Gasteiger charge is -2.18. The minimum atomic E-state index is 0.373. The number of benzene rings is 1. The zero-order chi connectivity index (χ0) is 14.7. The van der Waals surface area contributed by atoms with Crippen molar-refractivity contribution in [3.05, 3.63) is 58.9 Å². The molecule has 3 rings (SSSR count). The topological polar surface area (TPSA) is 34.1 Å². The molecule has 0 saturated carbocycles. The predicted octanol–water partition coefficient (Wildman–Crippen LogP) is 3.22. The number of aryl methyl sites for hydroxylation is 2. The molecule has 3 nitrogen and oxygen atoms in total. The molecule has 0 spiro atoms. The number of hydrogen-bond donors (Lipinski definition) is 1. The van der Waals surface area contributed by atoms with Crippen LogP contribution in [-0.4, -0.2) is 18.6 Å². The Morgan fingerprint density at radius 3 is 3.05 bits per heavy atom. The van der Waals surface area contributed by atoms with Gasteiger partial charge in [-0.2, -0.15) is 0 Å². The van der Waals surface area contributed by atoms with Gasteiger partial charge in [0, 0.05) is 24.9 Å². The molecule has 0 radical (unpaired) electrons. The molecule has 1 aromatic heterocycles. The summed E-state index contributed by atoms with van der Waals surface area (Å²) >= 11 is 0. The Hall–Kier alpha value is -1.87. The lowest BCUT2D eigenvalue weighted by Crippen LogP contribution is -2.18. The van der Waals surface area contributed by atoms with Gasteiger partial charge in [0.05, 0.1) is 6.61 Å². The summed E-state index contributed by atoms with van der Waals surface area (Å²) in [4.78, 5) is 4.18. The average molecular weight is 282 g/mol. The first-order chi connectivity index (χ1) is 10.3. The Morgan fingerprint density at radius 1 is 1.33 bits per heavy atom. The first kappa shape index (κ1) is 14.1. The van der Waals surface area contributed by atoms with E-state index in [1.807, 2.05) is 19.4 Å². The third kappa shape index (κ3) is 3.08. The Bertz CT molecular complexity index is 624. The second-order valence-electron chi connectivity index (χ2n) is 5.65. The first-order valence-electron chi connectivity index (χ1n) is 7.60. The molecular formula is C18H22N2O. The summed E-state index contributed by atoms with van der Waals surface area (Å²) in [5, 5.41) is 3.43. The predicted molar refractivity (Wildman–Crippen MR) is 84.7 cm³/mol. The Morgan fingerprint density at radius 2 is 2.24 bits per heavy atom. The summed E-state index contributed by atoms with van der Waals surface area (Å²) in [5.74, 6) is 1.06. The minimum Gasteiger partial charge on any atom is -0.493 e. The third-order valence-corrected chi connectivity index (χ3v) is 4.26. The molecule has 1 N–H and O–H groups in total. The van der Waals surface area contributed by atoms with Gasteiger partial charge in [-0.3, -0.25) is 4.98 Å². The molecule has 1 unspecified atom stereocenters. The van der Waals surface area contributed by atoms with Crippen molar-refractivity contribution in [3.63, 3.8) is 0 Å². The van der Waals surface area contributed by atoms with Crippen LogP contribution in [0.25, 0.3) is 0 Å². The molecule has 0 bridgehead atoms. The molecule has 0 saturated heterocycles. The van der Waals surface area contributed by atoms with Crippen LogP contribution in [0, 0.1) is 6.92 Å². The normalized spacial score (nSPS) is 14.6. The summed E-state index contributed by atoms with van der Waals surface area (Å²) in [5.41, 5.74) is 5.34. The van der Waals surface area contributed by atoms with Crippen LogP contribution in [0.4, 0.5) is 0 Å². The fourth-order valence-electron chi connectivity index (χ4n) is 3.04. The number of nitrogens with zero attached hydrogens (tertiary/aromatic N) is 1. The maximum atomic E-state index is 5.57. The van der Waals surface area contributed by atoms with E-state index >= 15 is 0 Å². The van der Waals surface area contributed by atoms with E-state index < -0.39 is 0 Å². The van der Waals surface area contributed by atoms with Gasteiger partial charge in [-0.05, 0) is 61.2 Å². The average Bonchev–Trinajstić information content (AvgIpc) is 2.97. The van der Waals surface area contributed by atoms with E-state index in [2.05, 4.69) is 41.5 Å². The maximum Gasteiger partial charge on any atom is 0.122 e. The number of aromatic nitrogens is 1. The maximum absolute atomic E-state index is 5.57. The Kier molecular flexibility index (Phi) is 4.20. The van der Waals surface area contributed by atoms with Gasteiger partial charge in [-0.1, -0.05) is 12.1 Å². The van der Waals surface area contributed by atoms with Crippen molar-refractivity contribution >= 4 is 0 Å². The monoisotopic (exact) mass is 282 g/mol. The molecule has 21 heavy (non-hydrogen) atoms. The van der Waals surface area contributed by atoms with Gasteiger partial charge in [-0.15, -0.1) is 0 Å². The molecule has 2 heterocycles. The van der Waals surface area contributed by atoms with Crippen molar-refractivity contribution in [2.24, 2.45) is 0 Å². The second kappa shape index (κ2) is 6.27. The van der Waals surface area contributed by atoms with Gasteiger partial charge in [0.25, 0.3) is 0 Å². The van der Waals surface area contributed by atoms with E-state index in [0.717, 1.165) is 31.6 Å². The van der Waals surface area contributed by atoms with Crippen molar-refractivity contribution in [2.75, 3.05) is 13.7 Å². The number of ether oxygens (including phenoxy) is 1. The van der Waals surface area contributed by atoms with Gasteiger partial charge in [0.1, 0.15) is 5.75 Å². The van der Waals surface area contributed by atoms with Crippen LogP contribution in [0.15, 0.2) is 36.7 Å². The Balaban J connectivity index is 1.70. The number of fused-ring (bicyclic) bond motifs is 1. The van der Waals surface area contributed by atoms with E-state index in [1.165, 1.54) is 22.3 Å². The highest BCUT2D eigenvalue weighted by atomic mass is 16.5. The summed E-state index contributed by atoms with van der Waals surface area (Å²) in [6.07, 6.45) is 7.01. The van der Waals surface area contributed by atoms with Gasteiger partial charge >= 0.3 is 0 Å². The zero-order valence-electron chi connectivity index (χ0n) is 12.7.